The summed E-state index contributed by atoms with van der Waals surface area (Å²) in [6, 6.07) is 20.3. The minimum atomic E-state index is -3.83. The molecule has 2 aromatic carbocycles. The van der Waals surface area contributed by atoms with Crippen LogP contribution in [-0.2, 0) is 33.0 Å². The first kappa shape index (κ1) is 27.0. The minimum Gasteiger partial charge on any atom is -0.404 e. The van der Waals surface area contributed by atoms with Crippen LogP contribution in [0.3, 0.4) is 0 Å². The normalized spacial score (nSPS) is 22.4. The molecule has 2 aromatic rings. The summed E-state index contributed by atoms with van der Waals surface area (Å²) < 4.78 is 65.0. The van der Waals surface area contributed by atoms with Gasteiger partial charge in [0.25, 0.3) is 28.6 Å². The van der Waals surface area contributed by atoms with Crippen LogP contribution in [0.5, 0.6) is 0 Å². The summed E-state index contributed by atoms with van der Waals surface area (Å²) in [5.41, 5.74) is 0. The Kier molecular flexibility index (Phi) is 8.11. The van der Waals surface area contributed by atoms with E-state index in [0.29, 0.717) is 12.8 Å². The Morgan fingerprint density at radius 1 is 0.735 bits per heavy atom. The number of rotatable bonds is 8. The highest BCUT2D eigenvalue weighted by molar-refractivity contribution is 7.86. The predicted molar refractivity (Wildman–Crippen MR) is 136 cm³/mol. The van der Waals surface area contributed by atoms with Gasteiger partial charge in [-0.1, -0.05) is 81.4 Å². The Balaban J connectivity index is 2.03. The van der Waals surface area contributed by atoms with Crippen LogP contribution in [0.2, 0.25) is 5.04 Å². The van der Waals surface area contributed by atoms with Crippen molar-refractivity contribution in [3.63, 3.8) is 0 Å². The third-order valence-corrected chi connectivity index (χ3v) is 12.3. The van der Waals surface area contributed by atoms with Gasteiger partial charge in [-0.05, 0) is 28.3 Å². The Morgan fingerprint density at radius 3 is 1.59 bits per heavy atom. The average molecular weight is 527 g/mol. The van der Waals surface area contributed by atoms with Crippen molar-refractivity contribution in [2.24, 2.45) is 0 Å². The molecule has 0 unspecified atom stereocenters. The molecule has 1 aliphatic rings. The molecule has 0 spiro atoms. The summed E-state index contributed by atoms with van der Waals surface area (Å²) in [5.74, 6) is 0. The Morgan fingerprint density at radius 2 is 1.18 bits per heavy atom. The topological polar surface area (TPSA) is 96.0 Å². The van der Waals surface area contributed by atoms with E-state index in [-0.39, 0.29) is 17.6 Å². The second-order valence-corrected chi connectivity index (χ2v) is 17.3. The molecule has 1 aliphatic carbocycles. The van der Waals surface area contributed by atoms with Gasteiger partial charge in [-0.2, -0.15) is 16.8 Å². The molecule has 7 nitrogen and oxygen atoms in total. The van der Waals surface area contributed by atoms with Crippen LogP contribution in [0.15, 0.2) is 60.7 Å². The third kappa shape index (κ3) is 6.55. The van der Waals surface area contributed by atoms with Crippen molar-refractivity contribution in [1.29, 1.82) is 0 Å². The second kappa shape index (κ2) is 10.2. The van der Waals surface area contributed by atoms with Gasteiger partial charge in [-0.15, -0.1) is 0 Å². The van der Waals surface area contributed by atoms with Crippen LogP contribution in [-0.4, -0.2) is 56.0 Å². The predicted octanol–water partition coefficient (Wildman–Crippen LogP) is 2.81. The first-order valence-corrected chi connectivity index (χ1v) is 16.8. The highest BCUT2D eigenvalue weighted by Gasteiger charge is 2.52. The van der Waals surface area contributed by atoms with Gasteiger partial charge in [0.15, 0.2) is 0 Å². The fourth-order valence-corrected chi connectivity index (χ4v) is 10.8. The fraction of sp³-hybridized carbons (Fsp3) is 0.500. The lowest BCUT2D eigenvalue weighted by Gasteiger charge is -2.47. The molecule has 0 radical (unpaired) electrons. The zero-order valence-corrected chi connectivity index (χ0v) is 22.9. The molecule has 0 bridgehead atoms. The monoisotopic (exact) mass is 526 g/mol. The molecule has 0 aliphatic heterocycles. The lowest BCUT2D eigenvalue weighted by Crippen LogP contribution is -2.68. The number of hydrogen-bond acceptors (Lipinski definition) is 7. The Labute approximate surface area is 204 Å². The molecular weight excluding hydrogens is 492 g/mol. The largest absolute Gasteiger partial charge is 0.404 e. The standard InChI is InChI=1S/C24H34O7S2Si/c1-24(2,3)34(20-12-8-6-9-13-20,21-14-10-7-11-15-21)31-19-16-17-22(29-32(4,25)26)23(18-19)30-33(5,27)28/h6-15,19,22-23H,16-18H2,1-5H3/t19-,22-,23+/m1/s1. The molecule has 0 aromatic heterocycles. The van der Waals surface area contributed by atoms with Gasteiger partial charge in [0.2, 0.25) is 0 Å². The van der Waals surface area contributed by atoms with Crippen molar-refractivity contribution in [3.05, 3.63) is 60.7 Å². The third-order valence-electron chi connectivity index (χ3n) is 6.04. The van der Waals surface area contributed by atoms with Crippen LogP contribution in [0.1, 0.15) is 40.0 Å². The van der Waals surface area contributed by atoms with Crippen LogP contribution in [0.25, 0.3) is 0 Å². The van der Waals surface area contributed by atoms with E-state index in [1.807, 2.05) is 36.4 Å². The maximum atomic E-state index is 11.9. The highest BCUT2D eigenvalue weighted by atomic mass is 32.2. The molecule has 3 atom stereocenters. The smallest absolute Gasteiger partial charge is 0.264 e. The summed E-state index contributed by atoms with van der Waals surface area (Å²) in [6.45, 7) is 6.51. The molecular formula is C24H34O7S2Si. The highest BCUT2D eigenvalue weighted by Crippen LogP contribution is 2.40. The van der Waals surface area contributed by atoms with Crippen molar-refractivity contribution < 1.29 is 29.6 Å². The van der Waals surface area contributed by atoms with Crippen LogP contribution < -0.4 is 10.4 Å². The molecule has 3 rings (SSSR count). The van der Waals surface area contributed by atoms with E-state index in [4.69, 9.17) is 12.8 Å². The van der Waals surface area contributed by atoms with Crippen molar-refractivity contribution in [3.8, 4) is 0 Å². The van der Waals surface area contributed by atoms with E-state index in [1.54, 1.807) is 0 Å². The molecule has 0 N–H and O–H groups in total. The maximum Gasteiger partial charge on any atom is 0.264 e. The fourth-order valence-electron chi connectivity index (χ4n) is 4.77. The van der Waals surface area contributed by atoms with E-state index in [9.17, 15) is 16.8 Å². The molecule has 1 fully saturated rings. The second-order valence-electron chi connectivity index (χ2n) is 9.89. The summed E-state index contributed by atoms with van der Waals surface area (Å²) >= 11 is 0. The lowest BCUT2D eigenvalue weighted by atomic mass is 9.93. The van der Waals surface area contributed by atoms with Crippen molar-refractivity contribution in [1.82, 2.24) is 0 Å². The number of benzene rings is 2. The van der Waals surface area contributed by atoms with Gasteiger partial charge in [-0.3, -0.25) is 8.37 Å². The number of hydrogen-bond donors (Lipinski definition) is 0. The van der Waals surface area contributed by atoms with Gasteiger partial charge in [-0.25, -0.2) is 0 Å². The first-order valence-electron chi connectivity index (χ1n) is 11.3. The van der Waals surface area contributed by atoms with E-state index in [1.165, 1.54) is 0 Å². The average Bonchev–Trinajstić information content (AvgIpc) is 2.72. The molecule has 1 saturated carbocycles. The molecule has 10 heteroatoms. The van der Waals surface area contributed by atoms with Crippen LogP contribution in [0.4, 0.5) is 0 Å². The SMILES string of the molecule is CC(C)(C)[Si](O[C@@H]1CC[C@@H](OS(C)(=O)=O)[C@@H](OS(C)(=O)=O)C1)(c1ccccc1)c1ccccc1. The van der Waals surface area contributed by atoms with E-state index in [0.717, 1.165) is 22.9 Å². The molecule has 0 heterocycles. The quantitative estimate of drug-likeness (QED) is 0.385. The molecule has 188 valence electrons. The van der Waals surface area contributed by atoms with Crippen molar-refractivity contribution in [2.45, 2.75) is 63.4 Å². The van der Waals surface area contributed by atoms with Gasteiger partial charge in [0.1, 0.15) is 12.2 Å². The summed E-state index contributed by atoms with van der Waals surface area (Å²) in [5, 5.41) is 1.98. The summed E-state index contributed by atoms with van der Waals surface area (Å²) in [6.07, 6.45) is 0.761. The van der Waals surface area contributed by atoms with Crippen LogP contribution >= 0.6 is 0 Å². The molecule has 34 heavy (non-hydrogen) atoms. The Bertz CT molecular complexity index is 1120. The summed E-state index contributed by atoms with van der Waals surface area (Å²) in [4.78, 5) is 0. The molecule has 0 saturated heterocycles. The zero-order chi connectivity index (χ0) is 25.2. The van der Waals surface area contributed by atoms with E-state index < -0.39 is 40.8 Å². The Hall–Kier alpha value is -1.56. The first-order chi connectivity index (χ1) is 15.7. The van der Waals surface area contributed by atoms with Crippen molar-refractivity contribution >= 4 is 38.9 Å². The maximum absolute atomic E-state index is 11.9. The van der Waals surface area contributed by atoms with Gasteiger partial charge >= 0.3 is 0 Å². The van der Waals surface area contributed by atoms with Gasteiger partial charge in [0.05, 0.1) is 12.5 Å². The molecule has 0 amide bonds. The summed E-state index contributed by atoms with van der Waals surface area (Å²) in [7, 11) is -10.5. The van der Waals surface area contributed by atoms with Crippen LogP contribution in [0, 0.1) is 0 Å². The van der Waals surface area contributed by atoms with Gasteiger partial charge < -0.3 is 4.43 Å². The van der Waals surface area contributed by atoms with Crippen molar-refractivity contribution in [2.75, 3.05) is 12.5 Å². The zero-order valence-electron chi connectivity index (χ0n) is 20.3. The van der Waals surface area contributed by atoms with E-state index >= 15 is 0 Å². The minimum absolute atomic E-state index is 0.206. The van der Waals surface area contributed by atoms with Gasteiger partial charge in [0, 0.05) is 12.5 Å². The van der Waals surface area contributed by atoms with E-state index in [2.05, 4.69) is 45.0 Å². The lowest BCUT2D eigenvalue weighted by molar-refractivity contribution is -0.0136.